The van der Waals surface area contributed by atoms with Crippen molar-refractivity contribution in [1.29, 1.82) is 0 Å². The summed E-state index contributed by atoms with van der Waals surface area (Å²) < 4.78 is 31.9. The highest BCUT2D eigenvalue weighted by molar-refractivity contribution is 5.95. The standard InChI is InChI=1S/C13H10F2N2O2/c14-8-5-6-9(16)12(11(8)15)19-10-4-2-1-3-7(10)13(17)18/h1-6H,16H2,(H2,17,18). The Bertz CT molecular complexity index is 645. The van der Waals surface area contributed by atoms with Crippen LogP contribution in [0, 0.1) is 11.6 Å². The van der Waals surface area contributed by atoms with Crippen molar-refractivity contribution >= 4 is 11.6 Å². The monoisotopic (exact) mass is 264 g/mol. The first kappa shape index (κ1) is 12.8. The van der Waals surface area contributed by atoms with E-state index < -0.39 is 23.3 Å². The highest BCUT2D eigenvalue weighted by Gasteiger charge is 2.17. The Balaban J connectivity index is 2.48. The molecule has 0 spiro atoms. The molecule has 0 aliphatic heterocycles. The van der Waals surface area contributed by atoms with Crippen molar-refractivity contribution in [3.8, 4) is 11.5 Å². The quantitative estimate of drug-likeness (QED) is 0.836. The van der Waals surface area contributed by atoms with Crippen molar-refractivity contribution in [2.75, 3.05) is 5.73 Å². The number of para-hydroxylation sites is 1. The number of carbonyl (C=O) groups is 1. The summed E-state index contributed by atoms with van der Waals surface area (Å²) in [5.41, 5.74) is 10.6. The molecule has 0 unspecified atom stereocenters. The molecule has 0 aliphatic rings. The Morgan fingerprint density at radius 3 is 2.47 bits per heavy atom. The normalized spacial score (nSPS) is 10.2. The number of halogens is 2. The van der Waals surface area contributed by atoms with E-state index >= 15 is 0 Å². The third-order valence-corrected chi connectivity index (χ3v) is 2.44. The van der Waals surface area contributed by atoms with Crippen LogP contribution in [0.15, 0.2) is 36.4 Å². The van der Waals surface area contributed by atoms with E-state index in [0.717, 1.165) is 6.07 Å². The summed E-state index contributed by atoms with van der Waals surface area (Å²) in [6.07, 6.45) is 0. The Hall–Kier alpha value is -2.63. The molecule has 0 aromatic heterocycles. The van der Waals surface area contributed by atoms with Gasteiger partial charge >= 0.3 is 0 Å². The largest absolute Gasteiger partial charge is 0.451 e. The average Bonchev–Trinajstić information content (AvgIpc) is 2.39. The minimum Gasteiger partial charge on any atom is -0.451 e. The molecule has 0 saturated carbocycles. The number of ether oxygens (including phenoxy) is 1. The van der Waals surface area contributed by atoms with E-state index in [1.165, 1.54) is 18.2 Å². The van der Waals surface area contributed by atoms with Gasteiger partial charge in [-0.1, -0.05) is 12.1 Å². The number of hydrogen-bond donors (Lipinski definition) is 2. The lowest BCUT2D eigenvalue weighted by Gasteiger charge is -2.12. The number of carbonyl (C=O) groups excluding carboxylic acids is 1. The molecule has 4 N–H and O–H groups in total. The fourth-order valence-electron chi connectivity index (χ4n) is 1.52. The van der Waals surface area contributed by atoms with Crippen molar-refractivity contribution in [2.24, 2.45) is 5.73 Å². The Morgan fingerprint density at radius 2 is 1.79 bits per heavy atom. The number of primary amides is 1. The molecule has 0 bridgehead atoms. The third kappa shape index (κ3) is 2.47. The van der Waals surface area contributed by atoms with Gasteiger partial charge in [-0.05, 0) is 24.3 Å². The van der Waals surface area contributed by atoms with Crippen LogP contribution in [0.2, 0.25) is 0 Å². The molecule has 0 aliphatic carbocycles. The Morgan fingerprint density at radius 1 is 1.11 bits per heavy atom. The van der Waals surface area contributed by atoms with E-state index in [9.17, 15) is 13.6 Å². The first-order valence-corrected chi connectivity index (χ1v) is 5.31. The molecule has 4 nitrogen and oxygen atoms in total. The summed E-state index contributed by atoms with van der Waals surface area (Å²) in [7, 11) is 0. The van der Waals surface area contributed by atoms with Gasteiger partial charge in [-0.25, -0.2) is 4.39 Å². The minimum absolute atomic E-state index is 0.00574. The van der Waals surface area contributed by atoms with Crippen molar-refractivity contribution in [2.45, 2.75) is 0 Å². The average molecular weight is 264 g/mol. The lowest BCUT2D eigenvalue weighted by molar-refractivity contribution is 0.0998. The number of nitrogens with two attached hydrogens (primary N) is 2. The topological polar surface area (TPSA) is 78.3 Å². The summed E-state index contributed by atoms with van der Waals surface area (Å²) in [6, 6.07) is 8.00. The van der Waals surface area contributed by atoms with Crippen LogP contribution in [-0.4, -0.2) is 5.91 Å². The number of amides is 1. The molecular formula is C13H10F2N2O2. The van der Waals surface area contributed by atoms with E-state index in [1.54, 1.807) is 12.1 Å². The molecule has 0 fully saturated rings. The zero-order chi connectivity index (χ0) is 14.0. The molecule has 0 atom stereocenters. The lowest BCUT2D eigenvalue weighted by Crippen LogP contribution is -2.12. The molecule has 2 aromatic carbocycles. The van der Waals surface area contributed by atoms with Crippen LogP contribution in [0.25, 0.3) is 0 Å². The van der Waals surface area contributed by atoms with E-state index in [2.05, 4.69) is 0 Å². The van der Waals surface area contributed by atoms with Crippen molar-refractivity contribution in [3.63, 3.8) is 0 Å². The molecule has 2 rings (SSSR count). The smallest absolute Gasteiger partial charge is 0.252 e. The van der Waals surface area contributed by atoms with Gasteiger partial charge in [0.15, 0.2) is 11.6 Å². The molecule has 19 heavy (non-hydrogen) atoms. The molecular weight excluding hydrogens is 254 g/mol. The van der Waals surface area contributed by atoms with Crippen LogP contribution in [-0.2, 0) is 0 Å². The van der Waals surface area contributed by atoms with Crippen LogP contribution >= 0.6 is 0 Å². The van der Waals surface area contributed by atoms with E-state index in [1.807, 2.05) is 0 Å². The molecule has 1 amide bonds. The Kier molecular flexibility index (Phi) is 3.33. The number of benzene rings is 2. The second-order valence-electron chi connectivity index (χ2n) is 3.74. The van der Waals surface area contributed by atoms with E-state index in [4.69, 9.17) is 16.2 Å². The van der Waals surface area contributed by atoms with Gasteiger partial charge in [0, 0.05) is 0 Å². The van der Waals surface area contributed by atoms with E-state index in [0.29, 0.717) is 0 Å². The van der Waals surface area contributed by atoms with Crippen LogP contribution in [0.1, 0.15) is 10.4 Å². The summed E-state index contributed by atoms with van der Waals surface area (Å²) in [5.74, 6) is -3.54. The summed E-state index contributed by atoms with van der Waals surface area (Å²) >= 11 is 0. The van der Waals surface area contributed by atoms with Gasteiger partial charge in [-0.2, -0.15) is 4.39 Å². The number of anilines is 1. The maximum Gasteiger partial charge on any atom is 0.252 e. The highest BCUT2D eigenvalue weighted by Crippen LogP contribution is 2.33. The fourth-order valence-corrected chi connectivity index (χ4v) is 1.52. The van der Waals surface area contributed by atoms with Crippen LogP contribution in [0.5, 0.6) is 11.5 Å². The highest BCUT2D eigenvalue weighted by atomic mass is 19.2. The fraction of sp³-hybridized carbons (Fsp3) is 0. The van der Waals surface area contributed by atoms with Gasteiger partial charge in [0.05, 0.1) is 11.3 Å². The van der Waals surface area contributed by atoms with Crippen molar-refractivity contribution in [3.05, 3.63) is 53.6 Å². The maximum absolute atomic E-state index is 13.6. The minimum atomic E-state index is -1.22. The SMILES string of the molecule is NC(=O)c1ccccc1Oc1c(N)ccc(F)c1F. The number of nitrogen functional groups attached to an aromatic ring is 1. The zero-order valence-corrected chi connectivity index (χ0v) is 9.69. The first-order valence-electron chi connectivity index (χ1n) is 5.31. The van der Waals surface area contributed by atoms with Gasteiger partial charge in [0.1, 0.15) is 5.75 Å². The van der Waals surface area contributed by atoms with Gasteiger partial charge < -0.3 is 16.2 Å². The molecule has 0 heterocycles. The van der Waals surface area contributed by atoms with Gasteiger partial charge in [-0.15, -0.1) is 0 Å². The third-order valence-electron chi connectivity index (χ3n) is 2.44. The predicted molar refractivity (Wildman–Crippen MR) is 65.8 cm³/mol. The number of rotatable bonds is 3. The Labute approximate surface area is 107 Å². The second kappa shape index (κ2) is 4.93. The summed E-state index contributed by atoms with van der Waals surface area (Å²) in [6.45, 7) is 0. The van der Waals surface area contributed by atoms with Crippen molar-refractivity contribution < 1.29 is 18.3 Å². The van der Waals surface area contributed by atoms with Gasteiger partial charge in [0.25, 0.3) is 5.91 Å². The van der Waals surface area contributed by atoms with Crippen LogP contribution < -0.4 is 16.2 Å². The second-order valence-corrected chi connectivity index (χ2v) is 3.74. The molecule has 2 aromatic rings. The first-order chi connectivity index (χ1) is 9.00. The lowest BCUT2D eigenvalue weighted by atomic mass is 10.2. The summed E-state index contributed by atoms with van der Waals surface area (Å²) in [5, 5.41) is 0. The molecule has 0 saturated heterocycles. The molecule has 0 radical (unpaired) electrons. The maximum atomic E-state index is 13.6. The zero-order valence-electron chi connectivity index (χ0n) is 9.69. The molecule has 6 heteroatoms. The van der Waals surface area contributed by atoms with Gasteiger partial charge in [-0.3, -0.25) is 4.79 Å². The molecule has 98 valence electrons. The van der Waals surface area contributed by atoms with E-state index in [-0.39, 0.29) is 17.0 Å². The van der Waals surface area contributed by atoms with Crippen LogP contribution in [0.3, 0.4) is 0 Å². The van der Waals surface area contributed by atoms with Gasteiger partial charge in [0.2, 0.25) is 5.82 Å². The summed E-state index contributed by atoms with van der Waals surface area (Å²) in [4.78, 5) is 11.2. The predicted octanol–water partition coefficient (Wildman–Crippen LogP) is 2.44. The van der Waals surface area contributed by atoms with Crippen LogP contribution in [0.4, 0.5) is 14.5 Å². The van der Waals surface area contributed by atoms with Crippen molar-refractivity contribution in [1.82, 2.24) is 0 Å². The number of hydrogen-bond acceptors (Lipinski definition) is 3.